The molecule has 0 bridgehead atoms. The van der Waals surface area contributed by atoms with E-state index >= 15 is 0 Å². The van der Waals surface area contributed by atoms with Gasteiger partial charge in [0.2, 0.25) is 5.91 Å². The van der Waals surface area contributed by atoms with Crippen LogP contribution in [0.4, 0.5) is 5.69 Å². The number of rotatable bonds is 6. The second-order valence-corrected chi connectivity index (χ2v) is 7.08. The predicted octanol–water partition coefficient (Wildman–Crippen LogP) is 3.76. The van der Waals surface area contributed by atoms with E-state index in [9.17, 15) is 9.59 Å². The quantitative estimate of drug-likeness (QED) is 0.697. The summed E-state index contributed by atoms with van der Waals surface area (Å²) in [5, 5.41) is 7.32. The molecule has 6 heteroatoms. The fourth-order valence-electron chi connectivity index (χ4n) is 3.37. The summed E-state index contributed by atoms with van der Waals surface area (Å²) in [5.74, 6) is -0.451. The minimum absolute atomic E-state index is 0.0354. The molecule has 0 fully saturated rings. The zero-order chi connectivity index (χ0) is 21.0. The fourth-order valence-corrected chi connectivity index (χ4v) is 3.37. The third-order valence-corrected chi connectivity index (χ3v) is 4.91. The molecule has 0 atom stereocenters. The Hall–Kier alpha value is -3.41. The molecule has 0 saturated heterocycles. The lowest BCUT2D eigenvalue weighted by Gasteiger charge is -2.18. The number of amides is 2. The van der Waals surface area contributed by atoms with Gasteiger partial charge in [-0.05, 0) is 43.5 Å². The van der Waals surface area contributed by atoms with Gasteiger partial charge in [0.05, 0.1) is 29.7 Å². The number of anilines is 1. The number of aromatic nitrogens is 2. The monoisotopic (exact) mass is 390 g/mol. The van der Waals surface area contributed by atoms with Gasteiger partial charge in [-0.3, -0.25) is 9.59 Å². The first-order valence-corrected chi connectivity index (χ1v) is 9.66. The van der Waals surface area contributed by atoms with Crippen LogP contribution in [0.2, 0.25) is 0 Å². The van der Waals surface area contributed by atoms with Crippen molar-refractivity contribution >= 4 is 17.5 Å². The van der Waals surface area contributed by atoms with Crippen LogP contribution >= 0.6 is 0 Å². The Labute approximate surface area is 171 Å². The molecule has 150 valence electrons. The number of nitrogens with zero attached hydrogens (tertiary/aromatic N) is 3. The molecule has 6 nitrogen and oxygen atoms in total. The van der Waals surface area contributed by atoms with Crippen LogP contribution < -0.4 is 5.32 Å². The van der Waals surface area contributed by atoms with Gasteiger partial charge in [0.25, 0.3) is 5.91 Å². The highest BCUT2D eigenvalue weighted by Gasteiger charge is 2.22. The number of hydrogen-bond acceptors (Lipinski definition) is 3. The van der Waals surface area contributed by atoms with Crippen molar-refractivity contribution in [2.45, 2.75) is 27.2 Å². The van der Waals surface area contributed by atoms with Crippen LogP contribution in [-0.4, -0.2) is 40.1 Å². The molecule has 1 heterocycles. The lowest BCUT2D eigenvalue weighted by atomic mass is 10.1. The number of aryl methyl sites for hydroxylation is 2. The third kappa shape index (κ3) is 4.37. The smallest absolute Gasteiger partial charge is 0.257 e. The van der Waals surface area contributed by atoms with Crippen molar-refractivity contribution in [1.82, 2.24) is 14.7 Å². The standard InChI is InChI=1S/C23H26N4O2/c1-5-20-19(14-24-27(20)18-12-7-6-8-13-18)23(29)26(4)15-21(28)25-22-16(2)10-9-11-17(22)3/h6-14H,5,15H2,1-4H3,(H,25,28). The predicted molar refractivity (Wildman–Crippen MR) is 114 cm³/mol. The van der Waals surface area contributed by atoms with E-state index in [1.165, 1.54) is 4.90 Å². The second-order valence-electron chi connectivity index (χ2n) is 7.08. The molecule has 3 aromatic rings. The van der Waals surface area contributed by atoms with E-state index in [-0.39, 0.29) is 18.4 Å². The SMILES string of the molecule is CCc1c(C(=O)N(C)CC(=O)Nc2c(C)cccc2C)cnn1-c1ccccc1. The van der Waals surface area contributed by atoms with Gasteiger partial charge in [-0.1, -0.05) is 43.3 Å². The van der Waals surface area contributed by atoms with Crippen molar-refractivity contribution in [2.75, 3.05) is 18.9 Å². The molecule has 1 aromatic heterocycles. The summed E-state index contributed by atoms with van der Waals surface area (Å²) in [7, 11) is 1.63. The highest BCUT2D eigenvalue weighted by molar-refractivity contribution is 6.00. The Kier molecular flexibility index (Phi) is 6.12. The topological polar surface area (TPSA) is 67.2 Å². The molecule has 0 saturated carbocycles. The highest BCUT2D eigenvalue weighted by Crippen LogP contribution is 2.20. The Morgan fingerprint density at radius 3 is 2.31 bits per heavy atom. The Morgan fingerprint density at radius 2 is 1.69 bits per heavy atom. The molecular formula is C23H26N4O2. The number of carbonyl (C=O) groups is 2. The molecule has 0 aliphatic rings. The molecular weight excluding hydrogens is 364 g/mol. The van der Waals surface area contributed by atoms with Gasteiger partial charge in [-0.15, -0.1) is 0 Å². The molecule has 29 heavy (non-hydrogen) atoms. The van der Waals surface area contributed by atoms with Crippen LogP contribution in [0.25, 0.3) is 5.69 Å². The molecule has 0 aliphatic carbocycles. The van der Waals surface area contributed by atoms with Crippen LogP contribution in [-0.2, 0) is 11.2 Å². The zero-order valence-electron chi connectivity index (χ0n) is 17.3. The molecule has 1 N–H and O–H groups in total. The zero-order valence-corrected chi connectivity index (χ0v) is 17.3. The molecule has 0 spiro atoms. The second kappa shape index (κ2) is 8.73. The van der Waals surface area contributed by atoms with E-state index < -0.39 is 0 Å². The lowest BCUT2D eigenvalue weighted by Crippen LogP contribution is -2.35. The van der Waals surface area contributed by atoms with E-state index in [1.807, 2.05) is 69.3 Å². The minimum Gasteiger partial charge on any atom is -0.332 e. The van der Waals surface area contributed by atoms with Crippen molar-refractivity contribution in [3.8, 4) is 5.69 Å². The summed E-state index contributed by atoms with van der Waals surface area (Å²) < 4.78 is 1.78. The van der Waals surface area contributed by atoms with Crippen LogP contribution in [0.1, 0.15) is 34.1 Å². The first kappa shape index (κ1) is 20.3. The first-order chi connectivity index (χ1) is 13.9. The van der Waals surface area contributed by atoms with E-state index in [0.717, 1.165) is 28.2 Å². The van der Waals surface area contributed by atoms with E-state index in [1.54, 1.807) is 17.9 Å². The maximum Gasteiger partial charge on any atom is 0.257 e. The molecule has 3 rings (SSSR count). The van der Waals surface area contributed by atoms with Gasteiger partial charge in [0, 0.05) is 12.7 Å². The van der Waals surface area contributed by atoms with Crippen molar-refractivity contribution in [2.24, 2.45) is 0 Å². The summed E-state index contributed by atoms with van der Waals surface area (Å²) >= 11 is 0. The number of likely N-dealkylation sites (N-methyl/N-ethyl adjacent to an activating group) is 1. The van der Waals surface area contributed by atoms with Crippen LogP contribution in [0.5, 0.6) is 0 Å². The molecule has 0 radical (unpaired) electrons. The number of carbonyl (C=O) groups excluding carboxylic acids is 2. The van der Waals surface area contributed by atoms with E-state index in [4.69, 9.17) is 0 Å². The van der Waals surface area contributed by atoms with Gasteiger partial charge < -0.3 is 10.2 Å². The summed E-state index contributed by atoms with van der Waals surface area (Å²) in [5.41, 5.74) is 5.01. The average molecular weight is 390 g/mol. The molecule has 2 aromatic carbocycles. The fraction of sp³-hybridized carbons (Fsp3) is 0.261. The van der Waals surface area contributed by atoms with Gasteiger partial charge in [0.15, 0.2) is 0 Å². The normalized spacial score (nSPS) is 10.6. The van der Waals surface area contributed by atoms with Crippen LogP contribution in [0.3, 0.4) is 0 Å². The maximum atomic E-state index is 13.0. The lowest BCUT2D eigenvalue weighted by molar-refractivity contribution is -0.116. The third-order valence-electron chi connectivity index (χ3n) is 4.91. The maximum absolute atomic E-state index is 13.0. The number of para-hydroxylation sites is 2. The molecule has 2 amide bonds. The van der Waals surface area contributed by atoms with Gasteiger partial charge >= 0.3 is 0 Å². The Balaban J connectivity index is 1.75. The average Bonchev–Trinajstić information content (AvgIpc) is 3.15. The van der Waals surface area contributed by atoms with Crippen LogP contribution in [0, 0.1) is 13.8 Å². The molecule has 0 aliphatic heterocycles. The minimum atomic E-state index is -0.230. The van der Waals surface area contributed by atoms with Gasteiger partial charge in [-0.25, -0.2) is 4.68 Å². The summed E-state index contributed by atoms with van der Waals surface area (Å²) in [6.45, 7) is 5.85. The van der Waals surface area contributed by atoms with Crippen molar-refractivity contribution < 1.29 is 9.59 Å². The Bertz CT molecular complexity index is 1000. The highest BCUT2D eigenvalue weighted by atomic mass is 16.2. The summed E-state index contributed by atoms with van der Waals surface area (Å²) in [6.07, 6.45) is 2.23. The summed E-state index contributed by atoms with van der Waals surface area (Å²) in [4.78, 5) is 26.9. The van der Waals surface area contributed by atoms with E-state index in [0.29, 0.717) is 12.0 Å². The largest absolute Gasteiger partial charge is 0.332 e. The number of nitrogens with one attached hydrogen (secondary N) is 1. The van der Waals surface area contributed by atoms with Crippen molar-refractivity contribution in [3.05, 3.63) is 77.1 Å². The Morgan fingerprint density at radius 1 is 1.03 bits per heavy atom. The first-order valence-electron chi connectivity index (χ1n) is 9.66. The van der Waals surface area contributed by atoms with E-state index in [2.05, 4.69) is 10.4 Å². The number of benzene rings is 2. The molecule has 0 unspecified atom stereocenters. The van der Waals surface area contributed by atoms with Gasteiger partial charge in [-0.2, -0.15) is 5.10 Å². The van der Waals surface area contributed by atoms with Gasteiger partial charge in [0.1, 0.15) is 0 Å². The summed E-state index contributed by atoms with van der Waals surface area (Å²) in [6, 6.07) is 15.5. The number of hydrogen-bond donors (Lipinski definition) is 1. The van der Waals surface area contributed by atoms with Crippen LogP contribution in [0.15, 0.2) is 54.7 Å². The van der Waals surface area contributed by atoms with Crippen molar-refractivity contribution in [1.29, 1.82) is 0 Å². The van der Waals surface area contributed by atoms with Crippen molar-refractivity contribution in [3.63, 3.8) is 0 Å².